The van der Waals surface area contributed by atoms with E-state index in [1.165, 1.54) is 0 Å². The van der Waals surface area contributed by atoms with Gasteiger partial charge in [0.25, 0.3) is 5.91 Å². The lowest BCUT2D eigenvalue weighted by Gasteiger charge is -2.32. The zero-order chi connectivity index (χ0) is 28.8. The Morgan fingerprint density at radius 2 is 1.46 bits per heavy atom. The molecule has 1 fully saturated rings. The molecule has 1 amide bonds. The topological polar surface area (TPSA) is 93.7 Å². The van der Waals surface area contributed by atoms with E-state index in [1.807, 2.05) is 27.7 Å². The van der Waals surface area contributed by atoms with Crippen LogP contribution in [0, 0.1) is 23.3 Å². The summed E-state index contributed by atoms with van der Waals surface area (Å²) in [6, 6.07) is 10.5. The molecule has 4 rings (SSSR count). The monoisotopic (exact) mass is 564 g/mol. The molecule has 39 heavy (non-hydrogen) atoms. The molecule has 1 saturated heterocycles. The van der Waals surface area contributed by atoms with Gasteiger partial charge in [-0.05, 0) is 56.9 Å². The summed E-state index contributed by atoms with van der Waals surface area (Å²) in [6.07, 6.45) is 0. The predicted molar refractivity (Wildman–Crippen MR) is 137 cm³/mol. The molecule has 0 spiro atoms. The van der Waals surface area contributed by atoms with Crippen molar-refractivity contribution in [2.45, 2.75) is 50.3 Å². The Hall–Kier alpha value is -3.26. The third kappa shape index (κ3) is 5.86. The first-order valence-electron chi connectivity index (χ1n) is 11.8. The molecular weight excluding hydrogens is 539 g/mol. The number of hydrogen-bond donors (Lipinski definition) is 2. The molecule has 0 saturated carbocycles. The summed E-state index contributed by atoms with van der Waals surface area (Å²) in [5, 5.41) is 2.12. The third-order valence-electron chi connectivity index (χ3n) is 6.74. The molecule has 0 bridgehead atoms. The van der Waals surface area contributed by atoms with Crippen molar-refractivity contribution in [1.29, 1.82) is 0 Å². The minimum atomic E-state index is -4.48. The molecule has 0 atom stereocenters. The molecule has 0 aliphatic carbocycles. The van der Waals surface area contributed by atoms with E-state index < -0.39 is 68.1 Å². The Morgan fingerprint density at radius 1 is 0.872 bits per heavy atom. The molecule has 206 valence electrons. The number of anilines is 1. The van der Waals surface area contributed by atoms with E-state index >= 15 is 0 Å². The van der Waals surface area contributed by atoms with Gasteiger partial charge >= 0.3 is 7.12 Å². The van der Waals surface area contributed by atoms with Crippen LogP contribution in [0.3, 0.4) is 0 Å². The van der Waals surface area contributed by atoms with Crippen LogP contribution in [0.1, 0.15) is 43.6 Å². The second-order valence-electron chi connectivity index (χ2n) is 9.96. The first kappa shape index (κ1) is 28.7. The Kier molecular flexibility index (Phi) is 7.65. The highest BCUT2D eigenvalue weighted by atomic mass is 32.2. The molecular formula is C26H25BF4N2O5S. The van der Waals surface area contributed by atoms with Gasteiger partial charge in [-0.2, -0.15) is 0 Å². The van der Waals surface area contributed by atoms with Crippen LogP contribution in [0.2, 0.25) is 0 Å². The first-order chi connectivity index (χ1) is 18.1. The Bertz CT molecular complexity index is 1510. The van der Waals surface area contributed by atoms with E-state index in [4.69, 9.17) is 9.31 Å². The van der Waals surface area contributed by atoms with Crippen LogP contribution < -0.4 is 15.5 Å². The fraction of sp³-hybridized carbons (Fsp3) is 0.269. The average molecular weight is 564 g/mol. The molecule has 0 aromatic heterocycles. The lowest BCUT2D eigenvalue weighted by atomic mass is 9.76. The van der Waals surface area contributed by atoms with Gasteiger partial charge in [0, 0.05) is 29.9 Å². The van der Waals surface area contributed by atoms with Crippen LogP contribution in [-0.2, 0) is 25.9 Å². The van der Waals surface area contributed by atoms with Crippen molar-refractivity contribution >= 4 is 34.2 Å². The maximum Gasteiger partial charge on any atom is 0.495 e. The van der Waals surface area contributed by atoms with Crippen molar-refractivity contribution in [2.24, 2.45) is 0 Å². The zero-order valence-corrected chi connectivity index (χ0v) is 22.3. The van der Waals surface area contributed by atoms with Crippen LogP contribution >= 0.6 is 0 Å². The highest BCUT2D eigenvalue weighted by Gasteiger charge is 2.52. The van der Waals surface area contributed by atoms with Crippen LogP contribution in [0.4, 0.5) is 23.2 Å². The van der Waals surface area contributed by atoms with Gasteiger partial charge in [-0.3, -0.25) is 4.79 Å². The summed E-state index contributed by atoms with van der Waals surface area (Å²) in [5.41, 5.74) is -0.873. The molecule has 1 aliphatic rings. The fourth-order valence-corrected chi connectivity index (χ4v) is 4.94. The van der Waals surface area contributed by atoms with E-state index in [-0.39, 0.29) is 12.1 Å². The van der Waals surface area contributed by atoms with Gasteiger partial charge in [0.1, 0.15) is 10.7 Å². The Labute approximate surface area is 223 Å². The van der Waals surface area contributed by atoms with Crippen LogP contribution in [0.15, 0.2) is 59.5 Å². The molecule has 0 radical (unpaired) electrons. The molecule has 1 aliphatic heterocycles. The predicted octanol–water partition coefficient (Wildman–Crippen LogP) is 4.27. The van der Waals surface area contributed by atoms with E-state index in [9.17, 15) is 30.8 Å². The number of nitrogens with one attached hydrogen (secondary N) is 2. The molecule has 0 unspecified atom stereocenters. The number of halogens is 4. The molecule has 1 heterocycles. The van der Waals surface area contributed by atoms with Crippen LogP contribution in [-0.4, -0.2) is 32.6 Å². The number of sulfonamides is 1. The van der Waals surface area contributed by atoms with Crippen molar-refractivity contribution in [2.75, 3.05) is 5.32 Å². The minimum Gasteiger partial charge on any atom is -0.399 e. The number of hydrogen-bond acceptors (Lipinski definition) is 5. The van der Waals surface area contributed by atoms with Crippen molar-refractivity contribution in [3.63, 3.8) is 0 Å². The summed E-state index contributed by atoms with van der Waals surface area (Å²) in [5.74, 6) is -6.90. The van der Waals surface area contributed by atoms with Crippen molar-refractivity contribution in [3.05, 3.63) is 89.0 Å². The molecule has 2 N–H and O–H groups in total. The summed E-state index contributed by atoms with van der Waals surface area (Å²) in [4.78, 5) is 11.8. The van der Waals surface area contributed by atoms with Gasteiger partial charge < -0.3 is 14.6 Å². The first-order valence-corrected chi connectivity index (χ1v) is 13.3. The molecule has 3 aromatic carbocycles. The van der Waals surface area contributed by atoms with Gasteiger partial charge in [0.05, 0.1) is 11.2 Å². The Morgan fingerprint density at radius 3 is 2.08 bits per heavy atom. The summed E-state index contributed by atoms with van der Waals surface area (Å²) in [7, 11) is -5.24. The van der Waals surface area contributed by atoms with Gasteiger partial charge in [0.2, 0.25) is 10.0 Å². The number of carbonyl (C=O) groups excluding carboxylic acids is 1. The van der Waals surface area contributed by atoms with Gasteiger partial charge in [0.15, 0.2) is 17.5 Å². The number of carbonyl (C=O) groups is 1. The fourth-order valence-electron chi connectivity index (χ4n) is 3.83. The maximum atomic E-state index is 14.6. The van der Waals surface area contributed by atoms with Gasteiger partial charge in [-0.1, -0.05) is 24.3 Å². The molecule has 13 heteroatoms. The number of rotatable bonds is 7. The van der Waals surface area contributed by atoms with Gasteiger partial charge in [-0.15, -0.1) is 0 Å². The van der Waals surface area contributed by atoms with Gasteiger partial charge in [-0.25, -0.2) is 30.7 Å². The standard InChI is InChI=1S/C26H25BF4N2O5S/c1-25(2)26(3,4)38-27(37-25)18-8-6-5-7-16(18)14-32-39(35,36)22-11-15(9-10-19(22)28)24(34)33-17-12-20(29)23(31)21(30)13-17/h5-13,32H,14H2,1-4H3,(H,33,34). The number of benzene rings is 3. The normalized spacial score (nSPS) is 16.4. The third-order valence-corrected chi connectivity index (χ3v) is 8.16. The van der Waals surface area contributed by atoms with E-state index in [1.54, 1.807) is 24.3 Å². The second-order valence-corrected chi connectivity index (χ2v) is 11.7. The van der Waals surface area contributed by atoms with Crippen molar-refractivity contribution < 1.29 is 40.1 Å². The van der Waals surface area contributed by atoms with Crippen LogP contribution in [0.25, 0.3) is 0 Å². The summed E-state index contributed by atoms with van der Waals surface area (Å²) < 4.78 is 95.3. The van der Waals surface area contributed by atoms with E-state index in [2.05, 4.69) is 10.0 Å². The second kappa shape index (κ2) is 10.4. The molecule has 7 nitrogen and oxygen atoms in total. The molecule has 3 aromatic rings. The quantitative estimate of drug-likeness (QED) is 0.254. The number of amides is 1. The highest BCUT2D eigenvalue weighted by Crippen LogP contribution is 2.36. The lowest BCUT2D eigenvalue weighted by molar-refractivity contribution is 0.00578. The van der Waals surface area contributed by atoms with Crippen LogP contribution in [0.5, 0.6) is 0 Å². The maximum absolute atomic E-state index is 14.6. The van der Waals surface area contributed by atoms with E-state index in [0.717, 1.165) is 18.2 Å². The Balaban J connectivity index is 1.54. The highest BCUT2D eigenvalue weighted by molar-refractivity contribution is 7.89. The minimum absolute atomic E-state index is 0.243. The largest absolute Gasteiger partial charge is 0.495 e. The summed E-state index contributed by atoms with van der Waals surface area (Å²) in [6.45, 7) is 7.29. The average Bonchev–Trinajstić information content (AvgIpc) is 3.08. The lowest BCUT2D eigenvalue weighted by Crippen LogP contribution is -2.41. The zero-order valence-electron chi connectivity index (χ0n) is 21.4. The van der Waals surface area contributed by atoms with E-state index in [0.29, 0.717) is 23.2 Å². The van der Waals surface area contributed by atoms with Crippen molar-refractivity contribution in [3.8, 4) is 0 Å². The smallest absolute Gasteiger partial charge is 0.399 e. The SMILES string of the molecule is CC1(C)OB(c2ccccc2CNS(=O)(=O)c2cc(C(=O)Nc3cc(F)c(F)c(F)c3)ccc2F)OC1(C)C. The summed E-state index contributed by atoms with van der Waals surface area (Å²) >= 11 is 0. The van der Waals surface area contributed by atoms with Crippen molar-refractivity contribution in [1.82, 2.24) is 4.72 Å².